The summed E-state index contributed by atoms with van der Waals surface area (Å²) in [5.41, 5.74) is 1.05. The second-order valence-electron chi connectivity index (χ2n) is 5.70. The number of anilines is 2. The maximum Gasteiger partial charge on any atom is 0.228 e. The molecule has 1 saturated carbocycles. The molecule has 0 radical (unpaired) electrons. The molecule has 1 aromatic carbocycles. The van der Waals surface area contributed by atoms with Crippen LogP contribution in [0.1, 0.15) is 19.3 Å². The Morgan fingerprint density at radius 1 is 1.19 bits per heavy atom. The van der Waals surface area contributed by atoms with E-state index in [1.165, 1.54) is 18.2 Å². The van der Waals surface area contributed by atoms with Crippen LogP contribution in [0.4, 0.5) is 15.8 Å². The smallest absolute Gasteiger partial charge is 0.228 e. The van der Waals surface area contributed by atoms with Crippen molar-refractivity contribution in [3.05, 3.63) is 24.0 Å². The van der Waals surface area contributed by atoms with Crippen LogP contribution in [0.2, 0.25) is 0 Å². The van der Waals surface area contributed by atoms with Crippen LogP contribution in [-0.2, 0) is 14.6 Å². The van der Waals surface area contributed by atoms with Crippen molar-refractivity contribution >= 4 is 27.1 Å². The fourth-order valence-electron chi connectivity index (χ4n) is 2.43. The van der Waals surface area contributed by atoms with Crippen LogP contribution in [-0.4, -0.2) is 31.9 Å². The number of sulfone groups is 1. The highest BCUT2D eigenvalue weighted by atomic mass is 32.2. The second-order valence-corrected chi connectivity index (χ2v) is 7.93. The molecule has 1 aliphatic carbocycles. The molecule has 3 rings (SSSR count). The first-order valence-electron chi connectivity index (χ1n) is 7.00. The molecular formula is C14H17FN2O3S. The number of halogens is 1. The summed E-state index contributed by atoms with van der Waals surface area (Å²) >= 11 is 0. The minimum atomic E-state index is -3.10. The van der Waals surface area contributed by atoms with E-state index in [0.29, 0.717) is 23.8 Å². The lowest BCUT2D eigenvalue weighted by Gasteiger charge is -2.15. The third-order valence-electron chi connectivity index (χ3n) is 3.78. The van der Waals surface area contributed by atoms with Crippen LogP contribution in [0.25, 0.3) is 0 Å². The molecule has 0 aromatic heterocycles. The van der Waals surface area contributed by atoms with Gasteiger partial charge in [-0.3, -0.25) is 4.79 Å². The van der Waals surface area contributed by atoms with Gasteiger partial charge in [0.25, 0.3) is 0 Å². The van der Waals surface area contributed by atoms with E-state index >= 15 is 0 Å². The van der Waals surface area contributed by atoms with Gasteiger partial charge in [-0.15, -0.1) is 0 Å². The third-order valence-corrected chi connectivity index (χ3v) is 5.55. The van der Waals surface area contributed by atoms with Crippen LogP contribution in [0, 0.1) is 11.7 Å². The van der Waals surface area contributed by atoms with E-state index in [2.05, 4.69) is 10.6 Å². The van der Waals surface area contributed by atoms with Crippen molar-refractivity contribution in [3.8, 4) is 0 Å². The molecule has 114 valence electrons. The summed E-state index contributed by atoms with van der Waals surface area (Å²) < 4.78 is 36.2. The largest absolute Gasteiger partial charge is 0.381 e. The number of hydrogen-bond donors (Lipinski definition) is 2. The maximum atomic E-state index is 13.3. The summed E-state index contributed by atoms with van der Waals surface area (Å²) in [6.45, 7) is 0. The zero-order chi connectivity index (χ0) is 15.0. The first-order chi connectivity index (χ1) is 9.93. The highest BCUT2D eigenvalue weighted by Gasteiger charge is 2.33. The number of carbonyl (C=O) groups excluding carboxylic acids is 1. The fraction of sp³-hybridized carbons (Fsp3) is 0.500. The minimum Gasteiger partial charge on any atom is -0.381 e. The Morgan fingerprint density at radius 3 is 2.57 bits per heavy atom. The lowest BCUT2D eigenvalue weighted by molar-refractivity contribution is -0.119. The number of rotatable bonds is 4. The van der Waals surface area contributed by atoms with Gasteiger partial charge in [-0.2, -0.15) is 0 Å². The Kier molecular flexibility index (Phi) is 3.61. The van der Waals surface area contributed by atoms with Gasteiger partial charge in [0.2, 0.25) is 5.91 Å². The monoisotopic (exact) mass is 312 g/mol. The predicted octanol–water partition coefficient (Wildman–Crippen LogP) is 1.77. The van der Waals surface area contributed by atoms with Crippen LogP contribution in [0.5, 0.6) is 0 Å². The molecule has 2 fully saturated rings. The molecule has 1 heterocycles. The first kappa shape index (κ1) is 14.3. The zero-order valence-corrected chi connectivity index (χ0v) is 12.2. The van der Waals surface area contributed by atoms with Gasteiger partial charge in [-0.1, -0.05) is 0 Å². The van der Waals surface area contributed by atoms with Crippen molar-refractivity contribution in [1.82, 2.24) is 0 Å². The summed E-state index contributed by atoms with van der Waals surface area (Å²) in [6.07, 6.45) is 2.41. The third kappa shape index (κ3) is 3.53. The molecule has 2 N–H and O–H groups in total. The predicted molar refractivity (Wildman–Crippen MR) is 78.4 cm³/mol. The fourth-order valence-corrected chi connectivity index (χ4v) is 4.17. The molecule has 5 nitrogen and oxygen atoms in total. The van der Waals surface area contributed by atoms with E-state index in [1.54, 1.807) is 0 Å². The maximum absolute atomic E-state index is 13.3. The summed E-state index contributed by atoms with van der Waals surface area (Å²) in [5.74, 6) is -1.26. The average molecular weight is 312 g/mol. The Hall–Kier alpha value is -1.63. The normalized spacial score (nSPS) is 23.8. The van der Waals surface area contributed by atoms with Crippen molar-refractivity contribution in [3.63, 3.8) is 0 Å². The van der Waals surface area contributed by atoms with Crippen molar-refractivity contribution in [2.75, 3.05) is 22.1 Å². The molecule has 21 heavy (non-hydrogen) atoms. The molecule has 0 spiro atoms. The minimum absolute atomic E-state index is 0.0572. The van der Waals surface area contributed by atoms with Gasteiger partial charge >= 0.3 is 0 Å². The Balaban J connectivity index is 1.73. The average Bonchev–Trinajstić information content (AvgIpc) is 3.14. The SMILES string of the molecule is O=C(Nc1ccc(F)cc1NC1CC1)C1CCS(=O)(=O)C1. The van der Waals surface area contributed by atoms with Gasteiger partial charge in [0.05, 0.1) is 28.8 Å². The Bertz CT molecular complexity index is 671. The van der Waals surface area contributed by atoms with Crippen molar-refractivity contribution in [2.24, 2.45) is 5.92 Å². The van der Waals surface area contributed by atoms with E-state index in [1.807, 2.05) is 0 Å². The van der Waals surface area contributed by atoms with E-state index in [9.17, 15) is 17.6 Å². The lowest BCUT2D eigenvalue weighted by Crippen LogP contribution is -2.24. The topological polar surface area (TPSA) is 75.3 Å². The Morgan fingerprint density at radius 2 is 1.95 bits per heavy atom. The highest BCUT2D eigenvalue weighted by molar-refractivity contribution is 7.91. The molecule has 1 unspecified atom stereocenters. The highest BCUT2D eigenvalue weighted by Crippen LogP contribution is 2.31. The van der Waals surface area contributed by atoms with Crippen molar-refractivity contribution in [1.29, 1.82) is 0 Å². The van der Waals surface area contributed by atoms with Gasteiger partial charge in [0, 0.05) is 6.04 Å². The molecule has 0 bridgehead atoms. The first-order valence-corrected chi connectivity index (χ1v) is 8.82. The van der Waals surface area contributed by atoms with Crippen LogP contribution in [0.3, 0.4) is 0 Å². The quantitative estimate of drug-likeness (QED) is 0.888. The standard InChI is InChI=1S/C14H17FN2O3S/c15-10-1-4-12(13(7-10)16-11-2-3-11)17-14(18)9-5-6-21(19,20)8-9/h1,4,7,9,11,16H,2-3,5-6,8H2,(H,17,18). The van der Waals surface area contributed by atoms with E-state index in [0.717, 1.165) is 12.8 Å². The van der Waals surface area contributed by atoms with Crippen molar-refractivity contribution < 1.29 is 17.6 Å². The van der Waals surface area contributed by atoms with Gasteiger partial charge in [0.1, 0.15) is 5.82 Å². The molecule has 1 saturated heterocycles. The van der Waals surface area contributed by atoms with Crippen molar-refractivity contribution in [2.45, 2.75) is 25.3 Å². The number of carbonyl (C=O) groups is 1. The molecule has 1 atom stereocenters. The summed E-state index contributed by atoms with van der Waals surface area (Å²) in [4.78, 5) is 12.1. The number of nitrogens with one attached hydrogen (secondary N) is 2. The lowest BCUT2D eigenvalue weighted by atomic mass is 10.1. The van der Waals surface area contributed by atoms with Gasteiger partial charge in [-0.25, -0.2) is 12.8 Å². The summed E-state index contributed by atoms with van der Waals surface area (Å²) in [5, 5.41) is 5.88. The van der Waals surface area contributed by atoms with Crippen LogP contribution < -0.4 is 10.6 Å². The van der Waals surface area contributed by atoms with Gasteiger partial charge in [0.15, 0.2) is 9.84 Å². The number of amides is 1. The summed E-state index contributed by atoms with van der Waals surface area (Å²) in [6, 6.07) is 4.45. The van der Waals surface area contributed by atoms with E-state index < -0.39 is 15.8 Å². The molecule has 7 heteroatoms. The van der Waals surface area contributed by atoms with E-state index in [-0.39, 0.29) is 23.2 Å². The molecule has 1 aliphatic heterocycles. The van der Waals surface area contributed by atoms with Gasteiger partial charge < -0.3 is 10.6 Å². The van der Waals surface area contributed by atoms with E-state index in [4.69, 9.17) is 0 Å². The second kappa shape index (κ2) is 5.29. The van der Waals surface area contributed by atoms with Crippen LogP contribution >= 0.6 is 0 Å². The van der Waals surface area contributed by atoms with Crippen LogP contribution in [0.15, 0.2) is 18.2 Å². The summed E-state index contributed by atoms with van der Waals surface area (Å²) in [7, 11) is -3.10. The number of benzene rings is 1. The number of hydrogen-bond acceptors (Lipinski definition) is 4. The molecule has 2 aliphatic rings. The molecule has 1 aromatic rings. The Labute approximate surface area is 122 Å². The zero-order valence-electron chi connectivity index (χ0n) is 11.4. The molecular weight excluding hydrogens is 295 g/mol. The molecule has 1 amide bonds. The van der Waals surface area contributed by atoms with Gasteiger partial charge in [-0.05, 0) is 37.5 Å².